The Morgan fingerprint density at radius 3 is 2.67 bits per heavy atom. The second kappa shape index (κ2) is 5.98. The first-order valence-electron chi connectivity index (χ1n) is 7.93. The van der Waals surface area contributed by atoms with Crippen molar-refractivity contribution in [2.45, 2.75) is 50.0 Å². The van der Waals surface area contributed by atoms with Gasteiger partial charge in [0.2, 0.25) is 5.91 Å². The molecule has 1 unspecified atom stereocenters. The number of benzene rings is 1. The zero-order valence-electron chi connectivity index (χ0n) is 12.3. The SMILES string of the molecule is NCC(NC(=O)C1(c2cccc(Cl)c2)CCCC1)C1CC1. The molecule has 0 aromatic heterocycles. The third-order valence-corrected chi connectivity index (χ3v) is 5.27. The van der Waals surface area contributed by atoms with Crippen LogP contribution in [0.5, 0.6) is 0 Å². The van der Waals surface area contributed by atoms with Crippen molar-refractivity contribution in [2.24, 2.45) is 11.7 Å². The highest BCUT2D eigenvalue weighted by Gasteiger charge is 2.44. The monoisotopic (exact) mass is 306 g/mol. The highest BCUT2D eigenvalue weighted by atomic mass is 35.5. The first-order chi connectivity index (χ1) is 10.2. The van der Waals surface area contributed by atoms with Gasteiger partial charge in [-0.05, 0) is 49.3 Å². The molecule has 1 aromatic carbocycles. The van der Waals surface area contributed by atoms with Crippen LogP contribution >= 0.6 is 11.6 Å². The van der Waals surface area contributed by atoms with Crippen LogP contribution in [0, 0.1) is 5.92 Å². The fourth-order valence-corrected chi connectivity index (χ4v) is 3.78. The zero-order chi connectivity index (χ0) is 14.9. The number of nitrogens with one attached hydrogen (secondary N) is 1. The van der Waals surface area contributed by atoms with Gasteiger partial charge in [-0.25, -0.2) is 0 Å². The van der Waals surface area contributed by atoms with E-state index in [1.807, 2.05) is 24.3 Å². The number of nitrogens with two attached hydrogens (primary N) is 1. The summed E-state index contributed by atoms with van der Waals surface area (Å²) in [4.78, 5) is 13.0. The molecule has 3 nitrogen and oxygen atoms in total. The van der Waals surface area contributed by atoms with E-state index in [2.05, 4.69) is 5.32 Å². The lowest BCUT2D eigenvalue weighted by atomic mass is 9.77. The molecular weight excluding hydrogens is 284 g/mol. The second-order valence-corrected chi connectivity index (χ2v) is 6.89. The summed E-state index contributed by atoms with van der Waals surface area (Å²) in [7, 11) is 0. The molecule has 0 spiro atoms. The van der Waals surface area contributed by atoms with Crippen molar-refractivity contribution in [1.82, 2.24) is 5.32 Å². The van der Waals surface area contributed by atoms with Crippen LogP contribution in [-0.4, -0.2) is 18.5 Å². The fraction of sp³-hybridized carbons (Fsp3) is 0.588. The van der Waals surface area contributed by atoms with Crippen molar-refractivity contribution in [2.75, 3.05) is 6.54 Å². The van der Waals surface area contributed by atoms with Gasteiger partial charge in [0.1, 0.15) is 0 Å². The molecule has 1 atom stereocenters. The Balaban J connectivity index is 1.84. The van der Waals surface area contributed by atoms with Gasteiger partial charge in [0, 0.05) is 17.6 Å². The Labute approximate surface area is 131 Å². The van der Waals surface area contributed by atoms with Crippen molar-refractivity contribution in [1.29, 1.82) is 0 Å². The standard InChI is InChI=1S/C17H23ClN2O/c18-14-5-3-4-13(10-14)17(8-1-2-9-17)16(21)20-15(11-19)12-6-7-12/h3-5,10,12,15H,1-2,6-9,11,19H2,(H,20,21). The van der Waals surface area contributed by atoms with Gasteiger partial charge in [-0.3, -0.25) is 4.79 Å². The third kappa shape index (κ3) is 2.95. The summed E-state index contributed by atoms with van der Waals surface area (Å²) in [6, 6.07) is 7.91. The maximum absolute atomic E-state index is 13.0. The van der Waals surface area contributed by atoms with E-state index < -0.39 is 5.41 Å². The van der Waals surface area contributed by atoms with Crippen LogP contribution < -0.4 is 11.1 Å². The Bertz CT molecular complexity index is 521. The molecule has 4 heteroatoms. The average Bonchev–Trinajstić information content (AvgIpc) is 3.20. The second-order valence-electron chi connectivity index (χ2n) is 6.45. The lowest BCUT2D eigenvalue weighted by Gasteiger charge is -2.31. The molecule has 1 aromatic rings. The molecule has 2 fully saturated rings. The van der Waals surface area contributed by atoms with Crippen molar-refractivity contribution < 1.29 is 4.79 Å². The zero-order valence-corrected chi connectivity index (χ0v) is 13.0. The molecule has 2 aliphatic rings. The maximum atomic E-state index is 13.0. The van der Waals surface area contributed by atoms with Gasteiger partial charge in [0.15, 0.2) is 0 Å². The van der Waals surface area contributed by atoms with E-state index in [0.717, 1.165) is 31.2 Å². The summed E-state index contributed by atoms with van der Waals surface area (Å²) in [6.07, 6.45) is 6.37. The highest BCUT2D eigenvalue weighted by Crippen LogP contribution is 2.42. The molecule has 3 rings (SSSR count). The molecular formula is C17H23ClN2O. The van der Waals surface area contributed by atoms with Gasteiger partial charge in [-0.15, -0.1) is 0 Å². The minimum Gasteiger partial charge on any atom is -0.351 e. The van der Waals surface area contributed by atoms with Crippen molar-refractivity contribution in [3.63, 3.8) is 0 Å². The van der Waals surface area contributed by atoms with Crippen LogP contribution in [0.4, 0.5) is 0 Å². The predicted molar refractivity (Wildman–Crippen MR) is 85.3 cm³/mol. The van der Waals surface area contributed by atoms with Gasteiger partial charge < -0.3 is 11.1 Å². The largest absolute Gasteiger partial charge is 0.351 e. The van der Waals surface area contributed by atoms with E-state index in [1.165, 1.54) is 12.8 Å². The lowest BCUT2D eigenvalue weighted by Crippen LogP contribution is -2.50. The summed E-state index contributed by atoms with van der Waals surface area (Å²) >= 11 is 6.13. The van der Waals surface area contributed by atoms with Gasteiger partial charge in [-0.1, -0.05) is 36.6 Å². The quantitative estimate of drug-likeness (QED) is 0.878. The highest BCUT2D eigenvalue weighted by molar-refractivity contribution is 6.30. The molecule has 2 saturated carbocycles. The van der Waals surface area contributed by atoms with Crippen LogP contribution in [0.3, 0.4) is 0 Å². The molecule has 0 aliphatic heterocycles. The maximum Gasteiger partial charge on any atom is 0.230 e. The van der Waals surface area contributed by atoms with Gasteiger partial charge in [-0.2, -0.15) is 0 Å². The number of carbonyl (C=O) groups excluding carboxylic acids is 1. The predicted octanol–water partition coefficient (Wildman–Crippen LogP) is 3.01. The van der Waals surface area contributed by atoms with Crippen LogP contribution in [0.15, 0.2) is 24.3 Å². The Morgan fingerprint density at radius 2 is 2.10 bits per heavy atom. The summed E-state index contributed by atoms with van der Waals surface area (Å²) in [6.45, 7) is 0.530. The van der Waals surface area contributed by atoms with Crippen LogP contribution in [-0.2, 0) is 10.2 Å². The summed E-state index contributed by atoms with van der Waals surface area (Å²) < 4.78 is 0. The fourth-order valence-electron chi connectivity index (χ4n) is 3.59. The molecule has 114 valence electrons. The molecule has 0 bridgehead atoms. The number of hydrogen-bond donors (Lipinski definition) is 2. The van der Waals surface area contributed by atoms with Crippen LogP contribution in [0.25, 0.3) is 0 Å². The van der Waals surface area contributed by atoms with E-state index in [-0.39, 0.29) is 11.9 Å². The van der Waals surface area contributed by atoms with Crippen LogP contribution in [0.2, 0.25) is 5.02 Å². The van der Waals surface area contributed by atoms with Gasteiger partial charge >= 0.3 is 0 Å². The first-order valence-corrected chi connectivity index (χ1v) is 8.30. The topological polar surface area (TPSA) is 55.1 Å². The van der Waals surface area contributed by atoms with Crippen molar-refractivity contribution in [3.05, 3.63) is 34.9 Å². The summed E-state index contributed by atoms with van der Waals surface area (Å²) in [5, 5.41) is 3.92. The van der Waals surface area contributed by atoms with E-state index in [1.54, 1.807) is 0 Å². The Morgan fingerprint density at radius 1 is 1.38 bits per heavy atom. The number of rotatable bonds is 5. The Kier molecular flexibility index (Phi) is 4.23. The third-order valence-electron chi connectivity index (χ3n) is 5.03. The molecule has 21 heavy (non-hydrogen) atoms. The van der Waals surface area contributed by atoms with E-state index >= 15 is 0 Å². The average molecular weight is 307 g/mol. The molecule has 2 aliphatic carbocycles. The number of amides is 1. The number of halogens is 1. The van der Waals surface area contributed by atoms with E-state index in [4.69, 9.17) is 17.3 Å². The smallest absolute Gasteiger partial charge is 0.230 e. The first kappa shape index (κ1) is 14.9. The lowest BCUT2D eigenvalue weighted by molar-refractivity contribution is -0.127. The van der Waals surface area contributed by atoms with E-state index in [9.17, 15) is 4.79 Å². The van der Waals surface area contributed by atoms with Crippen molar-refractivity contribution in [3.8, 4) is 0 Å². The Hall–Kier alpha value is -1.06. The summed E-state index contributed by atoms with van der Waals surface area (Å²) in [5.41, 5.74) is 6.47. The summed E-state index contributed by atoms with van der Waals surface area (Å²) in [5.74, 6) is 0.724. The molecule has 1 amide bonds. The van der Waals surface area contributed by atoms with Crippen molar-refractivity contribution >= 4 is 17.5 Å². The molecule has 0 heterocycles. The van der Waals surface area contributed by atoms with Crippen LogP contribution in [0.1, 0.15) is 44.1 Å². The molecule has 3 N–H and O–H groups in total. The van der Waals surface area contributed by atoms with Gasteiger partial charge in [0.05, 0.1) is 5.41 Å². The minimum absolute atomic E-state index is 0.133. The minimum atomic E-state index is -0.410. The number of hydrogen-bond acceptors (Lipinski definition) is 2. The normalized spacial score (nSPS) is 22.0. The van der Waals surface area contributed by atoms with Gasteiger partial charge in [0.25, 0.3) is 0 Å². The molecule has 0 saturated heterocycles. The van der Waals surface area contributed by atoms with E-state index in [0.29, 0.717) is 17.5 Å². The number of carbonyl (C=O) groups is 1. The molecule has 0 radical (unpaired) electrons.